The van der Waals surface area contributed by atoms with E-state index in [1.165, 1.54) is 0 Å². The van der Waals surface area contributed by atoms with Crippen LogP contribution in [-0.4, -0.2) is 56.5 Å². The Balaban J connectivity index is 0.000000165. The number of nitrogens with one attached hydrogen (secondary N) is 4. The van der Waals surface area contributed by atoms with E-state index in [0.717, 1.165) is 40.4 Å². The largest absolute Gasteiger partial charge is 0.476 e. The third-order valence-electron chi connectivity index (χ3n) is 5.14. The standard InChI is InChI=1S/C13H15IN4O.C8H5ClN2O2/c14-8-1-2-11-10(7-8)12(18-17-11)13(19)16-9-3-5-15-6-4-9;9-4-1-2-6-5(3-4)7(8(12)13)11-10-6/h1-2,7,9,15H,3-6H2,(H,16,19)(H,17,18);1-3H,(H,10,11)(H,12,13). The van der Waals surface area contributed by atoms with Crippen molar-refractivity contribution in [3.05, 3.63) is 56.4 Å². The minimum Gasteiger partial charge on any atom is -0.476 e. The molecule has 2 aromatic heterocycles. The van der Waals surface area contributed by atoms with Crippen LogP contribution >= 0.6 is 34.2 Å². The van der Waals surface area contributed by atoms with Gasteiger partial charge in [-0.2, -0.15) is 10.2 Å². The van der Waals surface area contributed by atoms with Crippen LogP contribution < -0.4 is 10.6 Å². The minimum absolute atomic E-state index is 0.00231. The summed E-state index contributed by atoms with van der Waals surface area (Å²) in [5.74, 6) is -1.14. The minimum atomic E-state index is -1.06. The summed E-state index contributed by atoms with van der Waals surface area (Å²) in [6, 6.07) is 11.1. The molecule has 9 nitrogen and oxygen atoms in total. The van der Waals surface area contributed by atoms with E-state index in [-0.39, 0.29) is 17.6 Å². The number of fused-ring (bicyclic) bond motifs is 2. The third-order valence-corrected chi connectivity index (χ3v) is 6.05. The number of carboxylic acids is 1. The number of nitrogens with zero attached hydrogens (tertiary/aromatic N) is 2. The van der Waals surface area contributed by atoms with Gasteiger partial charge >= 0.3 is 5.97 Å². The molecule has 32 heavy (non-hydrogen) atoms. The van der Waals surface area contributed by atoms with Crippen molar-refractivity contribution in [2.75, 3.05) is 13.1 Å². The number of rotatable bonds is 3. The Bertz CT molecular complexity index is 1280. The maximum absolute atomic E-state index is 12.3. The smallest absolute Gasteiger partial charge is 0.357 e. The van der Waals surface area contributed by atoms with Crippen molar-refractivity contribution in [1.29, 1.82) is 0 Å². The third kappa shape index (κ3) is 5.03. The molecule has 3 heterocycles. The van der Waals surface area contributed by atoms with Crippen LogP contribution in [0.2, 0.25) is 5.02 Å². The Hall–Kier alpha value is -2.70. The molecule has 11 heteroatoms. The van der Waals surface area contributed by atoms with Crippen molar-refractivity contribution in [1.82, 2.24) is 31.0 Å². The van der Waals surface area contributed by atoms with Crippen LogP contribution in [0.5, 0.6) is 0 Å². The SMILES string of the molecule is O=C(NC1CCNCC1)c1n[nH]c2ccc(I)cc12.O=C(O)c1n[nH]c2ccc(Cl)cc12. The second kappa shape index (κ2) is 9.84. The number of halogens is 2. The van der Waals surface area contributed by atoms with E-state index in [9.17, 15) is 9.59 Å². The molecule has 166 valence electrons. The summed E-state index contributed by atoms with van der Waals surface area (Å²) in [4.78, 5) is 22.9. The number of hydrogen-bond acceptors (Lipinski definition) is 5. The fraction of sp³-hybridized carbons (Fsp3) is 0.238. The average Bonchev–Trinajstić information content (AvgIpc) is 3.38. The van der Waals surface area contributed by atoms with Gasteiger partial charge in [0.25, 0.3) is 5.91 Å². The molecule has 1 aliphatic rings. The number of aromatic carboxylic acids is 1. The Morgan fingerprint density at radius 1 is 1.00 bits per heavy atom. The lowest BCUT2D eigenvalue weighted by molar-refractivity contribution is 0.0692. The van der Waals surface area contributed by atoms with E-state index in [0.29, 0.717) is 21.6 Å². The summed E-state index contributed by atoms with van der Waals surface area (Å²) in [5, 5.41) is 30.3. The lowest BCUT2D eigenvalue weighted by Gasteiger charge is -2.23. The molecule has 0 bridgehead atoms. The van der Waals surface area contributed by atoms with E-state index in [1.807, 2.05) is 18.2 Å². The van der Waals surface area contributed by atoms with Crippen LogP contribution in [0, 0.1) is 3.57 Å². The molecule has 4 aromatic rings. The number of aromatic nitrogens is 4. The van der Waals surface area contributed by atoms with Gasteiger partial charge in [0.05, 0.1) is 11.0 Å². The second-order valence-electron chi connectivity index (χ2n) is 7.33. The Kier molecular flexibility index (Phi) is 6.92. The van der Waals surface area contributed by atoms with Crippen LogP contribution in [0.15, 0.2) is 36.4 Å². The first-order valence-electron chi connectivity index (χ1n) is 9.94. The summed E-state index contributed by atoms with van der Waals surface area (Å²) < 4.78 is 1.10. The first-order chi connectivity index (χ1) is 15.4. The van der Waals surface area contributed by atoms with Crippen LogP contribution in [0.25, 0.3) is 21.8 Å². The topological polar surface area (TPSA) is 136 Å². The lowest BCUT2D eigenvalue weighted by Crippen LogP contribution is -2.42. The number of aromatic amines is 2. The van der Waals surface area contributed by atoms with Crippen LogP contribution in [0.1, 0.15) is 33.8 Å². The molecule has 1 fully saturated rings. The maximum atomic E-state index is 12.3. The van der Waals surface area contributed by atoms with Gasteiger partial charge in [-0.1, -0.05) is 11.6 Å². The van der Waals surface area contributed by atoms with Crippen molar-refractivity contribution >= 4 is 67.9 Å². The van der Waals surface area contributed by atoms with E-state index >= 15 is 0 Å². The van der Waals surface area contributed by atoms with Gasteiger partial charge in [-0.25, -0.2) is 4.79 Å². The number of carbonyl (C=O) groups excluding carboxylic acids is 1. The highest BCUT2D eigenvalue weighted by atomic mass is 127. The van der Waals surface area contributed by atoms with Crippen LogP contribution in [0.3, 0.4) is 0 Å². The number of H-pyrrole nitrogens is 2. The number of piperidine rings is 1. The summed E-state index contributed by atoms with van der Waals surface area (Å²) >= 11 is 7.96. The number of carbonyl (C=O) groups is 2. The number of carboxylic acid groups (broad SMARTS) is 1. The normalized spacial score (nSPS) is 14.2. The highest BCUT2D eigenvalue weighted by Gasteiger charge is 2.20. The zero-order chi connectivity index (χ0) is 22.7. The lowest BCUT2D eigenvalue weighted by atomic mass is 10.1. The molecule has 5 rings (SSSR count). The molecule has 0 atom stereocenters. The maximum Gasteiger partial charge on any atom is 0.357 e. The van der Waals surface area contributed by atoms with Gasteiger partial charge in [-0.05, 0) is 84.9 Å². The summed E-state index contributed by atoms with van der Waals surface area (Å²) in [5.41, 5.74) is 2.06. The van der Waals surface area contributed by atoms with E-state index in [2.05, 4.69) is 53.6 Å². The van der Waals surface area contributed by atoms with Crippen molar-refractivity contribution in [3.63, 3.8) is 0 Å². The molecule has 0 unspecified atom stereocenters. The summed E-state index contributed by atoms with van der Waals surface area (Å²) in [6.45, 7) is 1.92. The Morgan fingerprint density at radius 3 is 2.31 bits per heavy atom. The molecular weight excluding hydrogens is 547 g/mol. The fourth-order valence-corrected chi connectivity index (χ4v) is 4.19. The van der Waals surface area contributed by atoms with Crippen LogP contribution in [0.4, 0.5) is 0 Å². The highest BCUT2D eigenvalue weighted by Crippen LogP contribution is 2.21. The van der Waals surface area contributed by atoms with Crippen molar-refractivity contribution in [3.8, 4) is 0 Å². The van der Waals surface area contributed by atoms with Gasteiger partial charge in [0.15, 0.2) is 11.4 Å². The fourth-order valence-electron chi connectivity index (χ4n) is 3.53. The van der Waals surface area contributed by atoms with E-state index < -0.39 is 5.97 Å². The molecule has 1 aliphatic heterocycles. The molecule has 1 saturated heterocycles. The molecule has 5 N–H and O–H groups in total. The molecule has 0 radical (unpaired) electrons. The Labute approximate surface area is 201 Å². The quantitative estimate of drug-likeness (QED) is 0.241. The molecule has 0 spiro atoms. The highest BCUT2D eigenvalue weighted by molar-refractivity contribution is 14.1. The van der Waals surface area contributed by atoms with Crippen LogP contribution in [-0.2, 0) is 0 Å². The van der Waals surface area contributed by atoms with Gasteiger partial charge in [0.2, 0.25) is 0 Å². The Morgan fingerprint density at radius 2 is 1.62 bits per heavy atom. The molecular formula is C21H20ClIN6O3. The first kappa shape index (κ1) is 22.5. The molecule has 2 aromatic carbocycles. The zero-order valence-corrected chi connectivity index (χ0v) is 19.7. The van der Waals surface area contributed by atoms with Gasteiger partial charge in [0.1, 0.15) is 0 Å². The van der Waals surface area contributed by atoms with Gasteiger partial charge in [0, 0.05) is 25.4 Å². The second-order valence-corrected chi connectivity index (χ2v) is 9.01. The zero-order valence-electron chi connectivity index (χ0n) is 16.8. The predicted octanol–water partition coefficient (Wildman–Crippen LogP) is 3.56. The van der Waals surface area contributed by atoms with Crippen molar-refractivity contribution in [2.24, 2.45) is 0 Å². The molecule has 1 amide bonds. The number of amides is 1. The van der Waals surface area contributed by atoms with Gasteiger partial charge < -0.3 is 15.7 Å². The van der Waals surface area contributed by atoms with Crippen molar-refractivity contribution in [2.45, 2.75) is 18.9 Å². The predicted molar refractivity (Wildman–Crippen MR) is 130 cm³/mol. The number of hydrogen-bond donors (Lipinski definition) is 5. The summed E-state index contributed by atoms with van der Waals surface area (Å²) in [6.07, 6.45) is 1.96. The average molecular weight is 567 g/mol. The monoisotopic (exact) mass is 566 g/mol. The van der Waals surface area contributed by atoms with Gasteiger partial charge in [-0.3, -0.25) is 15.0 Å². The van der Waals surface area contributed by atoms with E-state index in [1.54, 1.807) is 18.2 Å². The summed E-state index contributed by atoms with van der Waals surface area (Å²) in [7, 11) is 0. The number of benzene rings is 2. The molecule has 0 aliphatic carbocycles. The van der Waals surface area contributed by atoms with E-state index in [4.69, 9.17) is 16.7 Å². The van der Waals surface area contributed by atoms with Crippen molar-refractivity contribution < 1.29 is 14.7 Å². The van der Waals surface area contributed by atoms with Gasteiger partial charge in [-0.15, -0.1) is 0 Å². The molecule has 0 saturated carbocycles. The first-order valence-corrected chi connectivity index (χ1v) is 11.4.